The van der Waals surface area contributed by atoms with Crippen LogP contribution in [-0.4, -0.2) is 10.7 Å². The fourth-order valence-electron chi connectivity index (χ4n) is 1.57. The fourth-order valence-corrected chi connectivity index (χ4v) is 1.80. The van der Waals surface area contributed by atoms with Crippen LogP contribution in [0.2, 0.25) is 0 Å². The maximum atomic E-state index is 11.1. The highest BCUT2D eigenvalue weighted by atomic mass is 79.9. The molecule has 5 heteroatoms. The van der Waals surface area contributed by atoms with Gasteiger partial charge in [0.05, 0.1) is 0 Å². The summed E-state index contributed by atoms with van der Waals surface area (Å²) in [5.74, 6) is 0.0415. The number of carbonyl (C=O) groups excluding carboxylic acids is 2. The number of rotatable bonds is 1. The summed E-state index contributed by atoms with van der Waals surface area (Å²) in [7, 11) is 0. The summed E-state index contributed by atoms with van der Waals surface area (Å²) in [4.78, 5) is 21.6. The van der Waals surface area contributed by atoms with Crippen LogP contribution in [0.3, 0.4) is 0 Å². The van der Waals surface area contributed by atoms with Gasteiger partial charge in [-0.3, -0.25) is 9.59 Å². The molecule has 0 saturated heterocycles. The Morgan fingerprint density at radius 1 is 1.40 bits per heavy atom. The fraction of sp³-hybridized carbons (Fsp3) is 0.200. The van der Waals surface area contributed by atoms with Crippen LogP contribution in [0.4, 0.5) is 16.2 Å². The Morgan fingerprint density at radius 3 is 2.93 bits per heavy atom. The van der Waals surface area contributed by atoms with E-state index in [1.807, 2.05) is 6.07 Å². The normalized spacial score (nSPS) is 14.1. The number of hydrogen-bond acceptors (Lipinski definition) is 2. The van der Waals surface area contributed by atoms with Gasteiger partial charge in [-0.05, 0) is 30.2 Å². The van der Waals surface area contributed by atoms with Crippen LogP contribution in [0.5, 0.6) is 0 Å². The molecular weight excluding hydrogens is 260 g/mol. The van der Waals surface area contributed by atoms with Crippen molar-refractivity contribution in [3.05, 3.63) is 23.8 Å². The first kappa shape index (κ1) is 10.2. The van der Waals surface area contributed by atoms with Gasteiger partial charge in [-0.2, -0.15) is 0 Å². The Bertz CT molecular complexity index is 431. The Kier molecular flexibility index (Phi) is 2.73. The van der Waals surface area contributed by atoms with E-state index in [4.69, 9.17) is 0 Å². The summed E-state index contributed by atoms with van der Waals surface area (Å²) in [6, 6.07) is 5.42. The van der Waals surface area contributed by atoms with E-state index in [0.29, 0.717) is 12.8 Å². The number of benzene rings is 1. The molecular formula is C10H9BrN2O2. The molecule has 2 N–H and O–H groups in total. The highest BCUT2D eigenvalue weighted by molar-refractivity contribution is 9.18. The molecule has 1 aromatic carbocycles. The standard InChI is InChI=1S/C10H9BrN2O2/c11-10(15)12-7-2-3-8-6(5-7)1-4-9(14)13-8/h2-3,5H,1,4H2,(H,12,15)(H,13,14). The number of fused-ring (bicyclic) bond motifs is 1. The quantitative estimate of drug-likeness (QED) is 0.608. The van der Waals surface area contributed by atoms with Gasteiger partial charge in [0.15, 0.2) is 0 Å². The third-order valence-corrected chi connectivity index (χ3v) is 2.44. The minimum atomic E-state index is -0.276. The molecule has 0 saturated carbocycles. The van der Waals surface area contributed by atoms with Crippen LogP contribution >= 0.6 is 15.9 Å². The van der Waals surface area contributed by atoms with E-state index in [9.17, 15) is 9.59 Å². The first-order valence-corrected chi connectivity index (χ1v) is 5.34. The van der Waals surface area contributed by atoms with E-state index < -0.39 is 0 Å². The van der Waals surface area contributed by atoms with Crippen LogP contribution in [-0.2, 0) is 11.2 Å². The number of amides is 2. The highest BCUT2D eigenvalue weighted by Gasteiger charge is 2.14. The number of halogens is 1. The van der Waals surface area contributed by atoms with Crippen LogP contribution in [0.25, 0.3) is 0 Å². The summed E-state index contributed by atoms with van der Waals surface area (Å²) in [5.41, 5.74) is 2.61. The SMILES string of the molecule is O=C(Br)Nc1ccc2c(c1)CCC(=O)N2. The zero-order valence-corrected chi connectivity index (χ0v) is 9.43. The Hall–Kier alpha value is -1.36. The van der Waals surface area contributed by atoms with Crippen molar-refractivity contribution in [2.75, 3.05) is 10.6 Å². The van der Waals surface area contributed by atoms with Crippen molar-refractivity contribution in [1.29, 1.82) is 0 Å². The van der Waals surface area contributed by atoms with Crippen molar-refractivity contribution < 1.29 is 9.59 Å². The second-order valence-corrected chi connectivity index (χ2v) is 4.04. The van der Waals surface area contributed by atoms with Crippen LogP contribution in [0.1, 0.15) is 12.0 Å². The molecule has 0 spiro atoms. The highest BCUT2D eigenvalue weighted by Crippen LogP contribution is 2.25. The number of nitrogens with one attached hydrogen (secondary N) is 2. The van der Waals surface area contributed by atoms with E-state index in [1.165, 1.54) is 0 Å². The molecule has 2 amide bonds. The maximum Gasteiger partial charge on any atom is 0.291 e. The lowest BCUT2D eigenvalue weighted by Gasteiger charge is -2.17. The van der Waals surface area contributed by atoms with Gasteiger partial charge in [0.25, 0.3) is 4.82 Å². The van der Waals surface area contributed by atoms with Crippen molar-refractivity contribution in [2.24, 2.45) is 0 Å². The second-order valence-electron chi connectivity index (χ2n) is 3.32. The Morgan fingerprint density at radius 2 is 2.20 bits per heavy atom. The van der Waals surface area contributed by atoms with Gasteiger partial charge < -0.3 is 10.6 Å². The van der Waals surface area contributed by atoms with E-state index in [-0.39, 0.29) is 10.7 Å². The van der Waals surface area contributed by atoms with Crippen LogP contribution < -0.4 is 10.6 Å². The largest absolute Gasteiger partial charge is 0.326 e. The average Bonchev–Trinajstić information content (AvgIpc) is 2.17. The number of anilines is 2. The summed E-state index contributed by atoms with van der Waals surface area (Å²) < 4.78 is 0. The van der Waals surface area contributed by atoms with Crippen molar-refractivity contribution in [3.63, 3.8) is 0 Å². The van der Waals surface area contributed by atoms with Crippen LogP contribution in [0, 0.1) is 0 Å². The van der Waals surface area contributed by atoms with E-state index in [1.54, 1.807) is 12.1 Å². The minimum Gasteiger partial charge on any atom is -0.326 e. The van der Waals surface area contributed by atoms with Gasteiger partial charge in [0, 0.05) is 33.7 Å². The van der Waals surface area contributed by atoms with Crippen molar-refractivity contribution in [3.8, 4) is 0 Å². The lowest BCUT2D eigenvalue weighted by molar-refractivity contribution is -0.116. The molecule has 0 atom stereocenters. The van der Waals surface area contributed by atoms with Crippen molar-refractivity contribution in [2.45, 2.75) is 12.8 Å². The molecule has 1 aliphatic rings. The first-order valence-electron chi connectivity index (χ1n) is 4.54. The lowest BCUT2D eigenvalue weighted by Crippen LogP contribution is -2.19. The molecule has 0 aromatic heterocycles. The summed E-state index contributed by atoms with van der Waals surface area (Å²) in [6.07, 6.45) is 1.21. The predicted molar refractivity (Wildman–Crippen MR) is 61.3 cm³/mol. The molecule has 0 aliphatic carbocycles. The Labute approximate surface area is 95.2 Å². The smallest absolute Gasteiger partial charge is 0.291 e. The number of carbonyl (C=O) groups is 2. The van der Waals surface area contributed by atoms with Gasteiger partial charge in [-0.1, -0.05) is 0 Å². The number of hydrogen-bond donors (Lipinski definition) is 2. The molecule has 1 heterocycles. The predicted octanol–water partition coefficient (Wildman–Crippen LogP) is 2.50. The molecule has 78 valence electrons. The minimum absolute atomic E-state index is 0.0415. The molecule has 0 unspecified atom stereocenters. The van der Waals surface area contributed by atoms with Gasteiger partial charge in [-0.25, -0.2) is 0 Å². The monoisotopic (exact) mass is 268 g/mol. The molecule has 1 aromatic rings. The van der Waals surface area contributed by atoms with E-state index >= 15 is 0 Å². The van der Waals surface area contributed by atoms with Gasteiger partial charge >= 0.3 is 0 Å². The van der Waals surface area contributed by atoms with Gasteiger partial charge in [0.2, 0.25) is 5.91 Å². The third kappa shape index (κ3) is 2.36. The molecule has 4 nitrogen and oxygen atoms in total. The summed E-state index contributed by atoms with van der Waals surface area (Å²) in [6.45, 7) is 0. The molecule has 1 aliphatic heterocycles. The lowest BCUT2D eigenvalue weighted by atomic mass is 10.0. The van der Waals surface area contributed by atoms with Gasteiger partial charge in [0.1, 0.15) is 0 Å². The van der Waals surface area contributed by atoms with Crippen molar-refractivity contribution >= 4 is 38.0 Å². The van der Waals surface area contributed by atoms with Crippen molar-refractivity contribution in [1.82, 2.24) is 0 Å². The van der Waals surface area contributed by atoms with E-state index in [0.717, 1.165) is 16.9 Å². The average molecular weight is 269 g/mol. The third-order valence-electron chi connectivity index (χ3n) is 2.24. The zero-order chi connectivity index (χ0) is 10.8. The zero-order valence-electron chi connectivity index (χ0n) is 7.84. The molecule has 15 heavy (non-hydrogen) atoms. The summed E-state index contributed by atoms with van der Waals surface area (Å²) in [5, 5.41) is 5.41. The van der Waals surface area contributed by atoms with Gasteiger partial charge in [-0.15, -0.1) is 0 Å². The molecule has 0 radical (unpaired) electrons. The Balaban J connectivity index is 2.26. The molecule has 2 rings (SSSR count). The number of aryl methyl sites for hydroxylation is 1. The summed E-state index contributed by atoms with van der Waals surface area (Å²) >= 11 is 2.80. The van der Waals surface area contributed by atoms with E-state index in [2.05, 4.69) is 26.6 Å². The first-order chi connectivity index (χ1) is 7.15. The van der Waals surface area contributed by atoms with Crippen LogP contribution in [0.15, 0.2) is 18.2 Å². The molecule has 0 fully saturated rings. The molecule has 0 bridgehead atoms. The topological polar surface area (TPSA) is 58.2 Å². The second kappa shape index (κ2) is 4.02. The maximum absolute atomic E-state index is 11.1.